The van der Waals surface area contributed by atoms with Crippen LogP contribution < -0.4 is 10.6 Å². The molecule has 4 nitrogen and oxygen atoms in total. The minimum absolute atomic E-state index is 0.0820. The Bertz CT molecular complexity index is 959. The first-order valence-electron chi connectivity index (χ1n) is 7.68. The van der Waals surface area contributed by atoms with E-state index in [1.807, 2.05) is 19.1 Å². The van der Waals surface area contributed by atoms with E-state index in [0.717, 1.165) is 17.7 Å². The minimum atomic E-state index is -1.57. The Hall–Kier alpha value is -3.35. The number of rotatable bonds is 4. The fourth-order valence-corrected chi connectivity index (χ4v) is 2.24. The summed E-state index contributed by atoms with van der Waals surface area (Å²) in [5.74, 6) is -4.64. The molecule has 1 heterocycles. The number of carbonyl (C=O) groups excluding carboxylic acids is 1. The number of aromatic nitrogens is 1. The van der Waals surface area contributed by atoms with Gasteiger partial charge < -0.3 is 10.6 Å². The van der Waals surface area contributed by atoms with Crippen molar-refractivity contribution in [2.45, 2.75) is 6.92 Å². The average molecular weight is 357 g/mol. The van der Waals surface area contributed by atoms with Crippen molar-refractivity contribution in [1.29, 1.82) is 0 Å². The van der Waals surface area contributed by atoms with Gasteiger partial charge in [-0.2, -0.15) is 0 Å². The average Bonchev–Trinajstić information content (AvgIpc) is 2.64. The van der Waals surface area contributed by atoms with Gasteiger partial charge in [0.2, 0.25) is 0 Å². The molecule has 0 radical (unpaired) electrons. The molecule has 0 unspecified atom stereocenters. The van der Waals surface area contributed by atoms with E-state index in [2.05, 4.69) is 15.6 Å². The molecular formula is C19H14F3N3O. The molecule has 0 aliphatic carbocycles. The highest BCUT2D eigenvalue weighted by molar-refractivity contribution is 6.03. The highest BCUT2D eigenvalue weighted by Crippen LogP contribution is 2.23. The van der Waals surface area contributed by atoms with Crippen LogP contribution in [0.4, 0.5) is 30.2 Å². The maximum Gasteiger partial charge on any atom is 0.274 e. The van der Waals surface area contributed by atoms with Crippen LogP contribution in [0.15, 0.2) is 54.7 Å². The molecule has 1 aromatic heterocycles. The van der Waals surface area contributed by atoms with Gasteiger partial charge in [-0.1, -0.05) is 17.7 Å². The second-order valence-corrected chi connectivity index (χ2v) is 5.60. The Kier molecular flexibility index (Phi) is 4.88. The molecule has 1 amide bonds. The van der Waals surface area contributed by atoms with Crippen molar-refractivity contribution in [2.75, 3.05) is 10.6 Å². The number of nitrogens with one attached hydrogen (secondary N) is 2. The number of hydrogen-bond acceptors (Lipinski definition) is 3. The molecule has 7 heteroatoms. The van der Waals surface area contributed by atoms with Crippen molar-refractivity contribution < 1.29 is 18.0 Å². The number of aryl methyl sites for hydroxylation is 1. The van der Waals surface area contributed by atoms with Gasteiger partial charge in [0.15, 0.2) is 17.5 Å². The molecule has 3 rings (SSSR count). The number of amides is 1. The van der Waals surface area contributed by atoms with Crippen molar-refractivity contribution in [1.82, 2.24) is 4.98 Å². The van der Waals surface area contributed by atoms with Crippen molar-refractivity contribution in [3.8, 4) is 0 Å². The van der Waals surface area contributed by atoms with Crippen LogP contribution in [-0.4, -0.2) is 10.9 Å². The molecule has 0 spiro atoms. The molecule has 0 atom stereocenters. The summed E-state index contributed by atoms with van der Waals surface area (Å²) < 4.78 is 40.1. The van der Waals surface area contributed by atoms with Crippen LogP contribution in [0, 0.1) is 24.4 Å². The van der Waals surface area contributed by atoms with Gasteiger partial charge in [-0.15, -0.1) is 0 Å². The molecule has 0 saturated carbocycles. The molecule has 0 saturated heterocycles. The zero-order chi connectivity index (χ0) is 18.7. The van der Waals surface area contributed by atoms with Crippen LogP contribution in [0.1, 0.15) is 16.1 Å². The van der Waals surface area contributed by atoms with E-state index in [1.165, 1.54) is 18.3 Å². The lowest BCUT2D eigenvalue weighted by molar-refractivity contribution is 0.102. The zero-order valence-corrected chi connectivity index (χ0v) is 13.7. The highest BCUT2D eigenvalue weighted by Gasteiger charge is 2.14. The van der Waals surface area contributed by atoms with Gasteiger partial charge in [-0.25, -0.2) is 13.2 Å². The SMILES string of the molecule is Cc1ccc(NC(=O)c2cc(Nc3ccc(F)c(F)c3F)ccn2)cc1. The first-order chi connectivity index (χ1) is 12.4. The van der Waals surface area contributed by atoms with Crippen molar-refractivity contribution in [3.05, 3.63) is 83.4 Å². The maximum atomic E-state index is 13.8. The van der Waals surface area contributed by atoms with E-state index in [4.69, 9.17) is 0 Å². The third kappa shape index (κ3) is 3.83. The van der Waals surface area contributed by atoms with E-state index in [9.17, 15) is 18.0 Å². The van der Waals surface area contributed by atoms with Crippen LogP contribution in [0.2, 0.25) is 0 Å². The Morgan fingerprint density at radius 3 is 2.38 bits per heavy atom. The standard InChI is InChI=1S/C19H14F3N3O/c1-11-2-4-12(5-3-11)25-19(26)16-10-13(8-9-23-16)24-15-7-6-14(20)17(21)18(15)22/h2-10H,1H3,(H,23,24)(H,25,26). The van der Waals surface area contributed by atoms with Gasteiger partial charge in [-0.05, 0) is 43.3 Å². The molecule has 2 N–H and O–H groups in total. The molecule has 3 aromatic rings. The first-order valence-corrected chi connectivity index (χ1v) is 7.68. The van der Waals surface area contributed by atoms with Gasteiger partial charge in [0.1, 0.15) is 5.69 Å². The van der Waals surface area contributed by atoms with Crippen LogP contribution in [-0.2, 0) is 0 Å². The summed E-state index contributed by atoms with van der Waals surface area (Å²) in [6, 6.07) is 12.0. The molecule has 26 heavy (non-hydrogen) atoms. The summed E-state index contributed by atoms with van der Waals surface area (Å²) in [7, 11) is 0. The Balaban J connectivity index is 1.79. The van der Waals surface area contributed by atoms with Crippen LogP contribution >= 0.6 is 0 Å². The predicted molar refractivity (Wildman–Crippen MR) is 93.0 cm³/mol. The Labute approximate surface area is 147 Å². The monoisotopic (exact) mass is 357 g/mol. The van der Waals surface area contributed by atoms with Crippen molar-refractivity contribution in [2.24, 2.45) is 0 Å². The molecule has 2 aromatic carbocycles. The molecule has 132 valence electrons. The van der Waals surface area contributed by atoms with Crippen molar-refractivity contribution in [3.63, 3.8) is 0 Å². The largest absolute Gasteiger partial charge is 0.353 e. The van der Waals surface area contributed by atoms with Gasteiger partial charge in [0.05, 0.1) is 5.69 Å². The number of nitrogens with zero attached hydrogens (tertiary/aromatic N) is 1. The third-order valence-electron chi connectivity index (χ3n) is 3.62. The lowest BCUT2D eigenvalue weighted by Crippen LogP contribution is -2.13. The summed E-state index contributed by atoms with van der Waals surface area (Å²) in [5.41, 5.74) is 1.80. The van der Waals surface area contributed by atoms with E-state index in [0.29, 0.717) is 11.4 Å². The topological polar surface area (TPSA) is 54.0 Å². The second kappa shape index (κ2) is 7.26. The Morgan fingerprint density at radius 1 is 0.923 bits per heavy atom. The number of halogens is 3. The van der Waals surface area contributed by atoms with E-state index < -0.39 is 23.4 Å². The third-order valence-corrected chi connectivity index (χ3v) is 3.62. The number of anilines is 3. The van der Waals surface area contributed by atoms with Crippen molar-refractivity contribution >= 4 is 23.0 Å². The highest BCUT2D eigenvalue weighted by atomic mass is 19.2. The maximum absolute atomic E-state index is 13.8. The summed E-state index contributed by atoms with van der Waals surface area (Å²) >= 11 is 0. The van der Waals surface area contributed by atoms with Gasteiger partial charge in [-0.3, -0.25) is 9.78 Å². The molecule has 0 fully saturated rings. The zero-order valence-electron chi connectivity index (χ0n) is 13.7. The van der Waals surface area contributed by atoms with E-state index in [1.54, 1.807) is 12.1 Å². The smallest absolute Gasteiger partial charge is 0.274 e. The molecule has 0 bridgehead atoms. The second-order valence-electron chi connectivity index (χ2n) is 5.60. The summed E-state index contributed by atoms with van der Waals surface area (Å²) in [4.78, 5) is 16.3. The Morgan fingerprint density at radius 2 is 1.65 bits per heavy atom. The predicted octanol–water partition coefficient (Wildman–Crippen LogP) is 4.80. The van der Waals surface area contributed by atoms with Crippen LogP contribution in [0.5, 0.6) is 0 Å². The van der Waals surface area contributed by atoms with Crippen LogP contribution in [0.3, 0.4) is 0 Å². The van der Waals surface area contributed by atoms with Gasteiger partial charge >= 0.3 is 0 Å². The molecule has 0 aliphatic heterocycles. The summed E-state index contributed by atoms with van der Waals surface area (Å²) in [6.07, 6.45) is 1.35. The number of carbonyl (C=O) groups is 1. The lowest BCUT2D eigenvalue weighted by Gasteiger charge is -2.10. The van der Waals surface area contributed by atoms with Gasteiger partial charge in [0.25, 0.3) is 5.91 Å². The van der Waals surface area contributed by atoms with Crippen LogP contribution in [0.25, 0.3) is 0 Å². The lowest BCUT2D eigenvalue weighted by atomic mass is 10.2. The van der Waals surface area contributed by atoms with Gasteiger partial charge in [0, 0.05) is 17.6 Å². The number of pyridine rings is 1. The normalized spacial score (nSPS) is 10.5. The molecule has 0 aliphatic rings. The van der Waals surface area contributed by atoms with E-state index >= 15 is 0 Å². The fraction of sp³-hybridized carbons (Fsp3) is 0.0526. The first kappa shape index (κ1) is 17.5. The molecular weight excluding hydrogens is 343 g/mol. The summed E-state index contributed by atoms with van der Waals surface area (Å²) in [6.45, 7) is 1.93. The summed E-state index contributed by atoms with van der Waals surface area (Å²) in [5, 5.41) is 5.30. The number of benzene rings is 2. The fourth-order valence-electron chi connectivity index (χ4n) is 2.24. The minimum Gasteiger partial charge on any atom is -0.353 e. The van der Waals surface area contributed by atoms with E-state index in [-0.39, 0.29) is 11.4 Å². The quantitative estimate of drug-likeness (QED) is 0.659. The number of hydrogen-bond donors (Lipinski definition) is 2.